The van der Waals surface area contributed by atoms with Gasteiger partial charge in [-0.25, -0.2) is 4.98 Å². The fourth-order valence-corrected chi connectivity index (χ4v) is 5.89. The van der Waals surface area contributed by atoms with Crippen molar-refractivity contribution in [1.82, 2.24) is 4.98 Å². The molecule has 1 heterocycles. The Balaban J connectivity index is 1.74. The third-order valence-corrected chi connectivity index (χ3v) is 7.63. The van der Waals surface area contributed by atoms with Crippen LogP contribution in [0.15, 0.2) is 36.4 Å². The van der Waals surface area contributed by atoms with Gasteiger partial charge < -0.3 is 24.3 Å². The number of hydrogen-bond acceptors (Lipinski definition) is 8. The highest BCUT2D eigenvalue weighted by molar-refractivity contribution is 7.53. The second kappa shape index (κ2) is 9.01. The summed E-state index contributed by atoms with van der Waals surface area (Å²) in [5, 5.41) is 0.519. The maximum Gasteiger partial charge on any atom is 0.367 e. The highest BCUT2D eigenvalue weighted by Gasteiger charge is 2.31. The summed E-state index contributed by atoms with van der Waals surface area (Å²) in [6.45, 7) is 4.11. The lowest BCUT2D eigenvalue weighted by molar-refractivity contribution is 0.197. The first-order chi connectivity index (χ1) is 15.0. The molecule has 0 saturated carbocycles. The maximum atomic E-state index is 12.9. The van der Waals surface area contributed by atoms with Gasteiger partial charge in [-0.3, -0.25) is 4.57 Å². The molecule has 4 rings (SSSR count). The standard InChI is InChI=1S/C22H25N2O5PS/c1-4-28-30(25,29-5-2)13-27-18-11-10-16(14-6-8-15(26-3)9-7-14)17-12-19-21(20(17)18)24-22(23)31-19/h6-11H,4-5,12-13H2,1-3H3,(H2,23,24). The van der Waals surface area contributed by atoms with Gasteiger partial charge in [-0.15, -0.1) is 11.3 Å². The number of benzene rings is 2. The lowest BCUT2D eigenvalue weighted by Gasteiger charge is -2.19. The van der Waals surface area contributed by atoms with E-state index in [0.29, 0.717) is 17.3 Å². The fourth-order valence-electron chi connectivity index (χ4n) is 3.73. The van der Waals surface area contributed by atoms with Crippen molar-refractivity contribution in [2.75, 3.05) is 32.4 Å². The Morgan fingerprint density at radius 2 is 1.81 bits per heavy atom. The first-order valence-electron chi connectivity index (χ1n) is 10.0. The summed E-state index contributed by atoms with van der Waals surface area (Å²) >= 11 is 1.48. The van der Waals surface area contributed by atoms with Crippen molar-refractivity contribution in [2.45, 2.75) is 20.3 Å². The monoisotopic (exact) mass is 460 g/mol. The quantitative estimate of drug-likeness (QED) is 0.326. The van der Waals surface area contributed by atoms with Crippen LogP contribution in [-0.4, -0.2) is 31.7 Å². The second-order valence-corrected chi connectivity index (χ2v) is 10.0. The average molecular weight is 460 g/mol. The molecule has 0 unspecified atom stereocenters. The molecule has 0 aliphatic heterocycles. The van der Waals surface area contributed by atoms with Gasteiger partial charge in [0.05, 0.1) is 26.0 Å². The van der Waals surface area contributed by atoms with E-state index < -0.39 is 7.60 Å². The molecule has 0 fully saturated rings. The molecule has 9 heteroatoms. The number of ether oxygens (including phenoxy) is 2. The Morgan fingerprint density at radius 1 is 1.10 bits per heavy atom. The van der Waals surface area contributed by atoms with Gasteiger partial charge in [0.1, 0.15) is 11.5 Å². The van der Waals surface area contributed by atoms with Crippen molar-refractivity contribution in [3.8, 4) is 33.9 Å². The molecular formula is C22H25N2O5PS. The second-order valence-electron chi connectivity index (χ2n) is 6.91. The van der Waals surface area contributed by atoms with E-state index in [-0.39, 0.29) is 19.6 Å². The average Bonchev–Trinajstić information content (AvgIpc) is 3.29. The molecule has 0 amide bonds. The van der Waals surface area contributed by atoms with Crippen LogP contribution >= 0.6 is 18.9 Å². The Kier molecular flexibility index (Phi) is 6.34. The smallest absolute Gasteiger partial charge is 0.367 e. The minimum absolute atomic E-state index is 0.169. The number of anilines is 1. The highest BCUT2D eigenvalue weighted by atomic mass is 32.1. The molecule has 1 aliphatic carbocycles. The fraction of sp³-hybridized carbons (Fsp3) is 0.318. The van der Waals surface area contributed by atoms with E-state index in [1.807, 2.05) is 36.4 Å². The van der Waals surface area contributed by atoms with E-state index in [1.54, 1.807) is 21.0 Å². The first-order valence-corrected chi connectivity index (χ1v) is 12.6. The van der Waals surface area contributed by atoms with Crippen molar-refractivity contribution in [3.05, 3.63) is 46.8 Å². The summed E-state index contributed by atoms with van der Waals surface area (Å²) in [6, 6.07) is 11.8. The predicted molar refractivity (Wildman–Crippen MR) is 123 cm³/mol. The van der Waals surface area contributed by atoms with Gasteiger partial charge in [0, 0.05) is 16.9 Å². The summed E-state index contributed by atoms with van der Waals surface area (Å²) in [6.07, 6.45) is 0.546. The minimum atomic E-state index is -3.35. The van der Waals surface area contributed by atoms with Crippen molar-refractivity contribution in [3.63, 3.8) is 0 Å². The molecule has 1 aliphatic rings. The van der Waals surface area contributed by atoms with Crippen molar-refractivity contribution in [1.29, 1.82) is 0 Å². The number of fused-ring (bicyclic) bond motifs is 3. The predicted octanol–water partition coefficient (Wildman–Crippen LogP) is 5.57. The van der Waals surface area contributed by atoms with Crippen molar-refractivity contribution >= 4 is 24.1 Å². The number of rotatable bonds is 9. The third kappa shape index (κ3) is 4.34. The zero-order chi connectivity index (χ0) is 22.0. The first kappa shape index (κ1) is 21.8. The summed E-state index contributed by atoms with van der Waals surface area (Å²) in [5.74, 6) is 1.40. The Morgan fingerprint density at radius 3 is 2.45 bits per heavy atom. The molecule has 3 aromatic rings. The van der Waals surface area contributed by atoms with Gasteiger partial charge in [-0.2, -0.15) is 0 Å². The molecule has 2 aromatic carbocycles. The van der Waals surface area contributed by atoms with E-state index in [2.05, 4.69) is 4.98 Å². The molecule has 1 aromatic heterocycles. The van der Waals surface area contributed by atoms with Crippen LogP contribution in [0.25, 0.3) is 22.4 Å². The molecule has 164 valence electrons. The number of nitrogen functional groups attached to an aromatic ring is 1. The number of methoxy groups -OCH3 is 1. The molecule has 31 heavy (non-hydrogen) atoms. The van der Waals surface area contributed by atoms with Gasteiger partial charge >= 0.3 is 7.60 Å². The largest absolute Gasteiger partial charge is 0.497 e. The van der Waals surface area contributed by atoms with E-state index in [9.17, 15) is 4.57 Å². The molecule has 2 N–H and O–H groups in total. The van der Waals surface area contributed by atoms with Gasteiger partial charge in [-0.1, -0.05) is 18.2 Å². The summed E-state index contributed by atoms with van der Waals surface area (Å²) in [5.41, 5.74) is 10.9. The van der Waals surface area contributed by atoms with Crippen LogP contribution in [0.2, 0.25) is 0 Å². The summed E-state index contributed by atoms with van der Waals surface area (Å²) in [7, 11) is -1.70. The number of nitrogens with two attached hydrogens (primary N) is 1. The van der Waals surface area contributed by atoms with Crippen LogP contribution in [0.3, 0.4) is 0 Å². The number of aromatic nitrogens is 1. The van der Waals surface area contributed by atoms with Gasteiger partial charge in [0.2, 0.25) is 0 Å². The number of thiazole rings is 1. The van der Waals surface area contributed by atoms with Crippen LogP contribution in [-0.2, 0) is 20.0 Å². The molecule has 0 atom stereocenters. The van der Waals surface area contributed by atoms with Crippen LogP contribution in [0.4, 0.5) is 5.13 Å². The Bertz CT molecular complexity index is 1120. The minimum Gasteiger partial charge on any atom is -0.497 e. The van der Waals surface area contributed by atoms with E-state index in [0.717, 1.165) is 38.6 Å². The molecular weight excluding hydrogens is 435 g/mol. The van der Waals surface area contributed by atoms with Crippen LogP contribution in [0.5, 0.6) is 11.5 Å². The van der Waals surface area contributed by atoms with E-state index in [4.69, 9.17) is 24.3 Å². The summed E-state index contributed by atoms with van der Waals surface area (Å²) < 4.78 is 34.9. The Hall–Kier alpha value is -2.38. The van der Waals surface area contributed by atoms with Gasteiger partial charge in [0.25, 0.3) is 0 Å². The van der Waals surface area contributed by atoms with Crippen LogP contribution < -0.4 is 15.2 Å². The zero-order valence-corrected chi connectivity index (χ0v) is 19.4. The molecule has 0 bridgehead atoms. The SMILES string of the molecule is CCOP(=O)(COc1ccc(-c2ccc(OC)cc2)c2c1-c1nc(N)sc1C2)OCC. The van der Waals surface area contributed by atoms with Crippen LogP contribution in [0, 0.1) is 0 Å². The number of nitrogens with zero attached hydrogens (tertiary/aromatic N) is 1. The third-order valence-electron chi connectivity index (χ3n) is 4.99. The van der Waals surface area contributed by atoms with Gasteiger partial charge in [0.15, 0.2) is 11.5 Å². The van der Waals surface area contributed by atoms with Crippen molar-refractivity contribution < 1.29 is 23.1 Å². The number of hydrogen-bond donors (Lipinski definition) is 1. The lowest BCUT2D eigenvalue weighted by atomic mass is 9.95. The molecule has 0 saturated heterocycles. The molecule has 0 radical (unpaired) electrons. The zero-order valence-electron chi connectivity index (χ0n) is 17.7. The lowest BCUT2D eigenvalue weighted by Crippen LogP contribution is -2.06. The van der Waals surface area contributed by atoms with Gasteiger partial charge in [-0.05, 0) is 48.7 Å². The molecule has 0 spiro atoms. The Labute approximate surface area is 185 Å². The van der Waals surface area contributed by atoms with E-state index in [1.165, 1.54) is 11.3 Å². The van der Waals surface area contributed by atoms with E-state index >= 15 is 0 Å². The van der Waals surface area contributed by atoms with Crippen molar-refractivity contribution in [2.24, 2.45) is 0 Å². The summed E-state index contributed by atoms with van der Waals surface area (Å²) in [4.78, 5) is 5.63. The maximum absolute atomic E-state index is 12.9. The van der Waals surface area contributed by atoms with Crippen LogP contribution in [0.1, 0.15) is 24.3 Å². The normalized spacial score (nSPS) is 12.5. The topological polar surface area (TPSA) is 92.9 Å². The molecule has 7 nitrogen and oxygen atoms in total. The highest BCUT2D eigenvalue weighted by Crippen LogP contribution is 2.52.